The minimum atomic E-state index is -0.139. The number of benzene rings is 1. The van der Waals surface area contributed by atoms with Crippen molar-refractivity contribution in [2.24, 2.45) is 5.73 Å². The maximum Gasteiger partial charge on any atom is 0.0948 e. The van der Waals surface area contributed by atoms with E-state index in [1.54, 1.807) is 0 Å². The Bertz CT molecular complexity index is 281. The van der Waals surface area contributed by atoms with Gasteiger partial charge in [-0.1, -0.05) is 28.1 Å². The third-order valence-electron chi connectivity index (χ3n) is 1.84. The summed E-state index contributed by atoms with van der Waals surface area (Å²) in [6, 6.07) is 7.81. The molecule has 0 saturated heterocycles. The molecule has 4 heteroatoms. The van der Waals surface area contributed by atoms with Crippen LogP contribution in [0.5, 0.6) is 0 Å². The van der Waals surface area contributed by atoms with Crippen LogP contribution in [0.1, 0.15) is 11.7 Å². The highest BCUT2D eigenvalue weighted by Crippen LogP contribution is 2.20. The lowest BCUT2D eigenvalue weighted by Crippen LogP contribution is -2.17. The van der Waals surface area contributed by atoms with Gasteiger partial charge in [0.2, 0.25) is 0 Å². The van der Waals surface area contributed by atoms with Gasteiger partial charge in [-0.25, -0.2) is 0 Å². The molecular formula is C10H14BrNO2. The van der Waals surface area contributed by atoms with Crippen molar-refractivity contribution < 1.29 is 9.84 Å². The van der Waals surface area contributed by atoms with E-state index in [4.69, 9.17) is 15.6 Å². The van der Waals surface area contributed by atoms with E-state index in [1.807, 2.05) is 24.3 Å². The summed E-state index contributed by atoms with van der Waals surface area (Å²) in [5.41, 5.74) is 6.60. The SMILES string of the molecule is NCC(OCCO)c1cccc(Br)c1. The Labute approximate surface area is 92.0 Å². The molecule has 1 atom stereocenters. The van der Waals surface area contributed by atoms with Crippen molar-refractivity contribution in [3.8, 4) is 0 Å². The Morgan fingerprint density at radius 2 is 2.29 bits per heavy atom. The van der Waals surface area contributed by atoms with Crippen LogP contribution in [-0.2, 0) is 4.74 Å². The predicted molar refractivity (Wildman–Crippen MR) is 59.0 cm³/mol. The minimum absolute atomic E-state index is 0.0184. The molecule has 0 aromatic heterocycles. The molecule has 0 aliphatic heterocycles. The van der Waals surface area contributed by atoms with Crippen molar-refractivity contribution in [3.05, 3.63) is 34.3 Å². The second kappa shape index (κ2) is 6.14. The van der Waals surface area contributed by atoms with Crippen LogP contribution in [0, 0.1) is 0 Å². The van der Waals surface area contributed by atoms with Crippen LogP contribution in [0.4, 0.5) is 0 Å². The largest absolute Gasteiger partial charge is 0.394 e. The molecule has 0 heterocycles. The summed E-state index contributed by atoms with van der Waals surface area (Å²) in [4.78, 5) is 0. The summed E-state index contributed by atoms with van der Waals surface area (Å²) >= 11 is 3.38. The molecule has 3 nitrogen and oxygen atoms in total. The summed E-state index contributed by atoms with van der Waals surface area (Å²) in [6.07, 6.45) is -0.139. The highest BCUT2D eigenvalue weighted by molar-refractivity contribution is 9.10. The first-order valence-electron chi connectivity index (χ1n) is 4.46. The van der Waals surface area contributed by atoms with E-state index in [0.717, 1.165) is 10.0 Å². The normalized spacial score (nSPS) is 12.8. The van der Waals surface area contributed by atoms with Gasteiger partial charge < -0.3 is 15.6 Å². The standard InChI is InChI=1S/C10H14BrNO2/c11-9-3-1-2-8(6-9)10(7-12)14-5-4-13/h1-3,6,10,13H,4-5,7,12H2. The number of rotatable bonds is 5. The Morgan fingerprint density at radius 1 is 1.50 bits per heavy atom. The number of aliphatic hydroxyl groups excluding tert-OH is 1. The monoisotopic (exact) mass is 259 g/mol. The molecule has 1 aromatic rings. The van der Waals surface area contributed by atoms with Crippen LogP contribution in [-0.4, -0.2) is 24.9 Å². The maximum absolute atomic E-state index is 8.64. The Balaban J connectivity index is 2.68. The molecule has 78 valence electrons. The molecule has 1 unspecified atom stereocenters. The van der Waals surface area contributed by atoms with Crippen molar-refractivity contribution in [1.82, 2.24) is 0 Å². The van der Waals surface area contributed by atoms with Gasteiger partial charge in [0.15, 0.2) is 0 Å². The molecule has 0 spiro atoms. The quantitative estimate of drug-likeness (QED) is 0.842. The molecule has 0 aliphatic rings. The molecule has 0 amide bonds. The minimum Gasteiger partial charge on any atom is -0.394 e. The Morgan fingerprint density at radius 3 is 2.86 bits per heavy atom. The number of halogens is 1. The van der Waals surface area contributed by atoms with Gasteiger partial charge in [-0.05, 0) is 17.7 Å². The first kappa shape index (κ1) is 11.7. The van der Waals surface area contributed by atoms with E-state index in [-0.39, 0.29) is 12.7 Å². The van der Waals surface area contributed by atoms with Crippen LogP contribution >= 0.6 is 15.9 Å². The van der Waals surface area contributed by atoms with E-state index in [1.165, 1.54) is 0 Å². The number of aliphatic hydroxyl groups is 1. The topological polar surface area (TPSA) is 55.5 Å². The zero-order valence-electron chi connectivity index (χ0n) is 7.82. The molecule has 0 saturated carbocycles. The zero-order valence-corrected chi connectivity index (χ0v) is 9.40. The highest BCUT2D eigenvalue weighted by atomic mass is 79.9. The number of hydrogen-bond donors (Lipinski definition) is 2. The van der Waals surface area contributed by atoms with Crippen molar-refractivity contribution in [3.63, 3.8) is 0 Å². The molecule has 1 aromatic carbocycles. The lowest BCUT2D eigenvalue weighted by atomic mass is 10.1. The van der Waals surface area contributed by atoms with Crippen molar-refractivity contribution in [2.75, 3.05) is 19.8 Å². The molecule has 14 heavy (non-hydrogen) atoms. The van der Waals surface area contributed by atoms with Gasteiger partial charge in [-0.2, -0.15) is 0 Å². The zero-order chi connectivity index (χ0) is 10.4. The smallest absolute Gasteiger partial charge is 0.0948 e. The summed E-state index contributed by atoms with van der Waals surface area (Å²) in [7, 11) is 0. The van der Waals surface area contributed by atoms with E-state index >= 15 is 0 Å². The highest BCUT2D eigenvalue weighted by Gasteiger charge is 2.09. The second-order valence-corrected chi connectivity index (χ2v) is 3.79. The van der Waals surface area contributed by atoms with Crippen LogP contribution in [0.15, 0.2) is 28.7 Å². The van der Waals surface area contributed by atoms with Crippen molar-refractivity contribution >= 4 is 15.9 Å². The van der Waals surface area contributed by atoms with Crippen LogP contribution in [0.25, 0.3) is 0 Å². The summed E-state index contributed by atoms with van der Waals surface area (Å²) in [5, 5.41) is 8.64. The van der Waals surface area contributed by atoms with E-state index in [0.29, 0.717) is 13.2 Å². The summed E-state index contributed by atoms with van der Waals surface area (Å²) in [5.74, 6) is 0. The van der Waals surface area contributed by atoms with Gasteiger partial charge >= 0.3 is 0 Å². The lowest BCUT2D eigenvalue weighted by Gasteiger charge is -2.15. The summed E-state index contributed by atoms with van der Waals surface area (Å²) < 4.78 is 6.39. The number of ether oxygens (including phenoxy) is 1. The molecule has 3 N–H and O–H groups in total. The molecule has 0 bridgehead atoms. The van der Waals surface area contributed by atoms with Gasteiger partial charge in [-0.3, -0.25) is 0 Å². The summed E-state index contributed by atoms with van der Waals surface area (Å²) in [6.45, 7) is 0.745. The molecule has 0 aliphatic carbocycles. The van der Waals surface area contributed by atoms with Gasteiger partial charge in [0.1, 0.15) is 0 Å². The fourth-order valence-electron chi connectivity index (χ4n) is 1.20. The van der Waals surface area contributed by atoms with Gasteiger partial charge in [0.05, 0.1) is 19.3 Å². The maximum atomic E-state index is 8.64. The first-order valence-corrected chi connectivity index (χ1v) is 5.25. The third-order valence-corrected chi connectivity index (χ3v) is 2.34. The molecule has 0 fully saturated rings. The van der Waals surface area contributed by atoms with Crippen molar-refractivity contribution in [1.29, 1.82) is 0 Å². The van der Waals surface area contributed by atoms with Crippen LogP contribution in [0.2, 0.25) is 0 Å². The second-order valence-electron chi connectivity index (χ2n) is 2.87. The fraction of sp³-hybridized carbons (Fsp3) is 0.400. The van der Waals surface area contributed by atoms with Gasteiger partial charge in [0, 0.05) is 11.0 Å². The fourth-order valence-corrected chi connectivity index (χ4v) is 1.62. The van der Waals surface area contributed by atoms with Gasteiger partial charge in [-0.15, -0.1) is 0 Å². The molecular weight excluding hydrogens is 246 g/mol. The van der Waals surface area contributed by atoms with E-state index in [2.05, 4.69) is 15.9 Å². The number of nitrogens with two attached hydrogens (primary N) is 1. The van der Waals surface area contributed by atoms with Crippen LogP contribution < -0.4 is 5.73 Å². The van der Waals surface area contributed by atoms with Crippen molar-refractivity contribution in [2.45, 2.75) is 6.10 Å². The van der Waals surface area contributed by atoms with E-state index in [9.17, 15) is 0 Å². The Hall–Kier alpha value is -0.420. The van der Waals surface area contributed by atoms with E-state index < -0.39 is 0 Å². The first-order chi connectivity index (χ1) is 6.77. The predicted octanol–water partition coefficient (Wildman–Crippen LogP) is 1.46. The third kappa shape index (κ3) is 3.38. The van der Waals surface area contributed by atoms with Crippen LogP contribution in [0.3, 0.4) is 0 Å². The van der Waals surface area contributed by atoms with Gasteiger partial charge in [0.25, 0.3) is 0 Å². The molecule has 1 rings (SSSR count). The average Bonchev–Trinajstić information content (AvgIpc) is 2.19. The number of hydrogen-bond acceptors (Lipinski definition) is 3. The lowest BCUT2D eigenvalue weighted by molar-refractivity contribution is 0.0328. The Kier molecular flexibility index (Phi) is 5.11. The average molecular weight is 260 g/mol. The molecule has 0 radical (unpaired) electrons.